The second-order valence-electron chi connectivity index (χ2n) is 7.05. The molecule has 0 atom stereocenters. The number of rotatable bonds is 6. The third-order valence-corrected chi connectivity index (χ3v) is 5.01. The maximum Gasteiger partial charge on any atom is 0.287 e. The molecule has 0 spiro atoms. The maximum atomic E-state index is 12.8. The molecular weight excluding hydrogens is 366 g/mol. The summed E-state index contributed by atoms with van der Waals surface area (Å²) >= 11 is 0. The molecule has 2 aromatic heterocycles. The first kappa shape index (κ1) is 18.9. The van der Waals surface area contributed by atoms with Crippen LogP contribution >= 0.6 is 0 Å². The number of amides is 2. The topological polar surface area (TPSA) is 88.9 Å². The lowest BCUT2D eigenvalue weighted by molar-refractivity contribution is 0.0935. The van der Waals surface area contributed by atoms with E-state index >= 15 is 0 Å². The molecule has 2 N–H and O–H groups in total. The molecule has 3 heterocycles. The normalized spacial score (nSPS) is 12.8. The number of nitrogens with one attached hydrogen (secondary N) is 2. The van der Waals surface area contributed by atoms with Crippen LogP contribution in [0.5, 0.6) is 0 Å². The van der Waals surface area contributed by atoms with Gasteiger partial charge in [-0.25, -0.2) is 4.98 Å². The van der Waals surface area contributed by atoms with Crippen LogP contribution in [0.25, 0.3) is 0 Å². The number of hydrogen-bond acceptors (Lipinski definition) is 4. The van der Waals surface area contributed by atoms with Crippen molar-refractivity contribution in [2.45, 2.75) is 38.9 Å². The van der Waals surface area contributed by atoms with Crippen LogP contribution in [0.2, 0.25) is 0 Å². The van der Waals surface area contributed by atoms with E-state index in [-0.39, 0.29) is 11.8 Å². The predicted octanol–water partition coefficient (Wildman–Crippen LogP) is 2.47. The Morgan fingerprint density at radius 1 is 0.931 bits per heavy atom. The van der Waals surface area contributed by atoms with Crippen LogP contribution in [-0.4, -0.2) is 26.3 Å². The van der Waals surface area contributed by atoms with Crippen LogP contribution in [0, 0.1) is 0 Å². The minimum absolute atomic E-state index is 0.261. The van der Waals surface area contributed by atoms with Gasteiger partial charge in [-0.1, -0.05) is 36.4 Å². The lowest BCUT2D eigenvalue weighted by Crippen LogP contribution is -2.27. The Morgan fingerprint density at radius 2 is 1.69 bits per heavy atom. The number of carbonyl (C=O) groups is 2. The van der Waals surface area contributed by atoms with E-state index in [1.54, 1.807) is 12.4 Å². The molecule has 4 rings (SSSR count). The highest BCUT2D eigenvalue weighted by molar-refractivity contribution is 5.97. The second-order valence-corrected chi connectivity index (χ2v) is 7.05. The molecule has 1 aromatic carbocycles. The van der Waals surface area contributed by atoms with Crippen LogP contribution in [0.4, 0.5) is 0 Å². The molecule has 0 bridgehead atoms. The molecule has 7 heteroatoms. The minimum atomic E-state index is -0.262. The lowest BCUT2D eigenvalue weighted by Gasteiger charge is -2.17. The SMILES string of the molecule is O=C(NCc1cccnc1)c1nc(C(=O)NCc2ccccc2)n2c1CCCC2. The third-order valence-electron chi connectivity index (χ3n) is 5.01. The van der Waals surface area contributed by atoms with E-state index in [2.05, 4.69) is 20.6 Å². The van der Waals surface area contributed by atoms with Crippen molar-refractivity contribution in [1.29, 1.82) is 0 Å². The maximum absolute atomic E-state index is 12.8. The average Bonchev–Trinajstić information content (AvgIpc) is 3.17. The summed E-state index contributed by atoms with van der Waals surface area (Å²) in [7, 11) is 0. The van der Waals surface area contributed by atoms with Crippen molar-refractivity contribution in [1.82, 2.24) is 25.2 Å². The fourth-order valence-corrected chi connectivity index (χ4v) is 3.52. The molecule has 0 unspecified atom stereocenters. The van der Waals surface area contributed by atoms with Crippen molar-refractivity contribution in [2.75, 3.05) is 0 Å². The molecule has 0 saturated heterocycles. The Hall–Kier alpha value is -3.48. The standard InChI is InChI=1S/C22H23N5O2/c28-21(24-15-17-9-6-11-23-13-17)19-18-10-4-5-12-27(18)20(26-19)22(29)25-14-16-7-2-1-3-8-16/h1-3,6-9,11,13H,4-5,10,12,14-15H2,(H,24,28)(H,25,29). The second kappa shape index (κ2) is 8.68. The zero-order valence-electron chi connectivity index (χ0n) is 16.1. The molecule has 7 nitrogen and oxygen atoms in total. The Balaban J connectivity index is 1.50. The van der Waals surface area contributed by atoms with Gasteiger partial charge in [0.2, 0.25) is 0 Å². The number of imidazole rings is 1. The van der Waals surface area contributed by atoms with Crippen LogP contribution < -0.4 is 10.6 Å². The Morgan fingerprint density at radius 3 is 2.48 bits per heavy atom. The van der Waals surface area contributed by atoms with Gasteiger partial charge in [-0.3, -0.25) is 14.6 Å². The largest absolute Gasteiger partial charge is 0.347 e. The quantitative estimate of drug-likeness (QED) is 0.678. The molecule has 0 aliphatic carbocycles. The Bertz CT molecular complexity index is 919. The Kier molecular flexibility index (Phi) is 5.65. The van der Waals surface area contributed by atoms with Crippen molar-refractivity contribution in [3.8, 4) is 0 Å². The predicted molar refractivity (Wildman–Crippen MR) is 108 cm³/mol. The number of fused-ring (bicyclic) bond motifs is 1. The summed E-state index contributed by atoms with van der Waals surface area (Å²) in [6.45, 7) is 1.49. The molecule has 29 heavy (non-hydrogen) atoms. The first-order valence-electron chi connectivity index (χ1n) is 9.81. The van der Waals surface area contributed by atoms with E-state index in [9.17, 15) is 9.59 Å². The zero-order chi connectivity index (χ0) is 20.1. The summed E-state index contributed by atoms with van der Waals surface area (Å²) in [5.74, 6) is -0.216. The molecule has 1 aliphatic rings. The van der Waals surface area contributed by atoms with E-state index in [0.717, 1.165) is 36.1 Å². The summed E-state index contributed by atoms with van der Waals surface area (Å²) in [6, 6.07) is 13.4. The van der Waals surface area contributed by atoms with E-state index in [1.165, 1.54) is 0 Å². The van der Waals surface area contributed by atoms with Crippen molar-refractivity contribution in [3.05, 3.63) is 83.2 Å². The monoisotopic (exact) mass is 389 g/mol. The number of hydrogen-bond donors (Lipinski definition) is 2. The molecule has 0 fully saturated rings. The van der Waals surface area contributed by atoms with Crippen LogP contribution in [0.1, 0.15) is 50.8 Å². The highest BCUT2D eigenvalue weighted by Crippen LogP contribution is 2.21. The fourth-order valence-electron chi connectivity index (χ4n) is 3.52. The van der Waals surface area contributed by atoms with Crippen molar-refractivity contribution >= 4 is 11.8 Å². The number of pyridine rings is 1. The summed E-state index contributed by atoms with van der Waals surface area (Å²) in [5.41, 5.74) is 3.11. The number of aromatic nitrogens is 3. The van der Waals surface area contributed by atoms with Gasteiger partial charge in [-0.15, -0.1) is 0 Å². The molecule has 0 radical (unpaired) electrons. The molecule has 3 aromatic rings. The first-order valence-corrected chi connectivity index (χ1v) is 9.81. The van der Waals surface area contributed by atoms with E-state index in [1.807, 2.05) is 47.0 Å². The molecule has 2 amide bonds. The van der Waals surface area contributed by atoms with Gasteiger partial charge in [0, 0.05) is 32.0 Å². The molecule has 148 valence electrons. The fraction of sp³-hybridized carbons (Fsp3) is 0.273. The van der Waals surface area contributed by atoms with Crippen molar-refractivity contribution < 1.29 is 9.59 Å². The Labute approximate surface area is 169 Å². The molecule has 1 aliphatic heterocycles. The van der Waals surface area contributed by atoms with E-state index < -0.39 is 0 Å². The smallest absolute Gasteiger partial charge is 0.287 e. The third kappa shape index (κ3) is 4.34. The summed E-state index contributed by atoms with van der Waals surface area (Å²) in [4.78, 5) is 34.0. The van der Waals surface area contributed by atoms with Gasteiger partial charge < -0.3 is 15.2 Å². The molecule has 0 saturated carbocycles. The number of carbonyl (C=O) groups excluding carboxylic acids is 2. The summed E-state index contributed by atoms with van der Waals surface area (Å²) in [6.07, 6.45) is 6.11. The van der Waals surface area contributed by atoms with Gasteiger partial charge in [-0.05, 0) is 36.5 Å². The summed E-state index contributed by atoms with van der Waals surface area (Å²) in [5, 5.41) is 5.80. The molecular formula is C22H23N5O2. The van der Waals surface area contributed by atoms with Gasteiger partial charge in [0.1, 0.15) is 5.69 Å². The average molecular weight is 389 g/mol. The number of nitrogens with zero attached hydrogens (tertiary/aromatic N) is 3. The van der Waals surface area contributed by atoms with Crippen molar-refractivity contribution in [3.63, 3.8) is 0 Å². The first-order chi connectivity index (χ1) is 14.2. The van der Waals surface area contributed by atoms with E-state index in [4.69, 9.17) is 0 Å². The van der Waals surface area contributed by atoms with Gasteiger partial charge in [0.25, 0.3) is 11.8 Å². The van der Waals surface area contributed by atoms with Crippen LogP contribution in [0.15, 0.2) is 54.9 Å². The number of benzene rings is 1. The van der Waals surface area contributed by atoms with Gasteiger partial charge in [-0.2, -0.15) is 0 Å². The van der Waals surface area contributed by atoms with E-state index in [0.29, 0.717) is 31.2 Å². The summed E-state index contributed by atoms with van der Waals surface area (Å²) < 4.78 is 1.89. The highest BCUT2D eigenvalue weighted by atomic mass is 16.2. The van der Waals surface area contributed by atoms with Gasteiger partial charge in [0.15, 0.2) is 5.82 Å². The van der Waals surface area contributed by atoms with Gasteiger partial charge >= 0.3 is 0 Å². The zero-order valence-corrected chi connectivity index (χ0v) is 16.1. The highest BCUT2D eigenvalue weighted by Gasteiger charge is 2.27. The van der Waals surface area contributed by atoms with Gasteiger partial charge in [0.05, 0.1) is 5.69 Å². The minimum Gasteiger partial charge on any atom is -0.347 e. The lowest BCUT2D eigenvalue weighted by atomic mass is 10.1. The van der Waals surface area contributed by atoms with Crippen LogP contribution in [-0.2, 0) is 26.1 Å². The van der Waals surface area contributed by atoms with Crippen molar-refractivity contribution in [2.24, 2.45) is 0 Å². The van der Waals surface area contributed by atoms with Crippen LogP contribution in [0.3, 0.4) is 0 Å².